The number of terminal acetylenes is 1. The molecule has 6 nitrogen and oxygen atoms in total. The molecule has 8 heteroatoms. The fourth-order valence-electron chi connectivity index (χ4n) is 4.64. The fraction of sp³-hybridized carbons (Fsp3) is 0.385. The minimum atomic E-state index is -3.61. The van der Waals surface area contributed by atoms with Gasteiger partial charge in [-0.15, -0.1) is 6.42 Å². The predicted molar refractivity (Wildman–Crippen MR) is 136 cm³/mol. The standard InChI is InChI=1S/C26H29N3O3S2/c1-5-15-29-24-19(3)16-18(2)17-23(24)33-26(29)27-25(30)20-11-13-22(14-12-20)34(31,32)28(4)21-9-7-6-8-10-21/h1,11-14,16-17,21H,6-10,15H2,2-4H3. The second-order valence-corrected chi connectivity index (χ2v) is 11.9. The Bertz CT molecular complexity index is 1440. The van der Waals surface area contributed by atoms with Gasteiger partial charge in [0, 0.05) is 18.7 Å². The number of amides is 1. The highest BCUT2D eigenvalue weighted by Gasteiger charge is 2.29. The summed E-state index contributed by atoms with van der Waals surface area (Å²) in [5.74, 6) is 2.21. The molecular formula is C26H29N3O3S2. The first-order valence-electron chi connectivity index (χ1n) is 11.4. The number of carbonyl (C=O) groups is 1. The van der Waals surface area contributed by atoms with Crippen LogP contribution in [0.15, 0.2) is 46.3 Å². The molecule has 0 aliphatic heterocycles. The molecular weight excluding hydrogens is 466 g/mol. The molecule has 1 saturated carbocycles. The van der Waals surface area contributed by atoms with Crippen LogP contribution >= 0.6 is 11.3 Å². The molecule has 34 heavy (non-hydrogen) atoms. The minimum Gasteiger partial charge on any atom is -0.304 e. The Kier molecular flexibility index (Phi) is 7.08. The fourth-order valence-corrected chi connectivity index (χ4v) is 7.26. The molecule has 0 N–H and O–H groups in total. The lowest BCUT2D eigenvalue weighted by Crippen LogP contribution is -2.38. The van der Waals surface area contributed by atoms with Crippen LogP contribution in [0, 0.1) is 26.2 Å². The number of fused-ring (bicyclic) bond motifs is 1. The smallest absolute Gasteiger partial charge is 0.279 e. The zero-order valence-corrected chi connectivity index (χ0v) is 21.4. The van der Waals surface area contributed by atoms with Crippen LogP contribution in [0.1, 0.15) is 53.6 Å². The van der Waals surface area contributed by atoms with Crippen molar-refractivity contribution in [1.82, 2.24) is 8.87 Å². The Hall–Kier alpha value is -2.73. The topological polar surface area (TPSA) is 71.7 Å². The molecule has 0 unspecified atom stereocenters. The van der Waals surface area contributed by atoms with E-state index < -0.39 is 15.9 Å². The number of aromatic nitrogens is 1. The highest BCUT2D eigenvalue weighted by atomic mass is 32.2. The summed E-state index contributed by atoms with van der Waals surface area (Å²) in [5, 5.41) is 0. The van der Waals surface area contributed by atoms with Gasteiger partial charge in [0.05, 0.1) is 21.7 Å². The molecule has 3 aromatic rings. The molecule has 1 fully saturated rings. The highest BCUT2D eigenvalue weighted by molar-refractivity contribution is 7.89. The first-order chi connectivity index (χ1) is 16.2. The average Bonchev–Trinajstić information content (AvgIpc) is 3.16. The molecule has 2 aromatic carbocycles. The lowest BCUT2D eigenvalue weighted by Gasteiger charge is -2.30. The zero-order valence-electron chi connectivity index (χ0n) is 19.7. The summed E-state index contributed by atoms with van der Waals surface area (Å²) in [7, 11) is -1.97. The van der Waals surface area contributed by atoms with Gasteiger partial charge in [-0.25, -0.2) is 8.42 Å². The van der Waals surface area contributed by atoms with Crippen molar-refractivity contribution in [2.24, 2.45) is 4.99 Å². The number of thiazole rings is 1. The van der Waals surface area contributed by atoms with E-state index >= 15 is 0 Å². The largest absolute Gasteiger partial charge is 0.304 e. The van der Waals surface area contributed by atoms with Gasteiger partial charge in [-0.05, 0) is 68.1 Å². The number of rotatable bonds is 5. The molecule has 0 saturated heterocycles. The van der Waals surface area contributed by atoms with Crippen molar-refractivity contribution in [2.75, 3.05) is 7.05 Å². The lowest BCUT2D eigenvalue weighted by atomic mass is 9.96. The summed E-state index contributed by atoms with van der Waals surface area (Å²) in [6, 6.07) is 10.2. The van der Waals surface area contributed by atoms with E-state index in [1.165, 1.54) is 39.9 Å². The Balaban J connectivity index is 1.65. The Morgan fingerprint density at radius 1 is 1.18 bits per heavy atom. The predicted octanol–water partition coefficient (Wildman–Crippen LogP) is 4.65. The van der Waals surface area contributed by atoms with Crippen LogP contribution in [-0.2, 0) is 16.6 Å². The molecule has 1 heterocycles. The van der Waals surface area contributed by atoms with Crippen LogP contribution in [0.2, 0.25) is 0 Å². The molecule has 1 aliphatic carbocycles. The van der Waals surface area contributed by atoms with Crippen LogP contribution in [0.3, 0.4) is 0 Å². The number of aryl methyl sites for hydroxylation is 2. The second kappa shape index (κ2) is 9.87. The number of hydrogen-bond donors (Lipinski definition) is 0. The van der Waals surface area contributed by atoms with E-state index in [0.717, 1.165) is 53.4 Å². The SMILES string of the molecule is C#CCn1c(=NC(=O)c2ccc(S(=O)(=O)N(C)C3CCCCC3)cc2)sc2cc(C)cc(C)c21. The molecule has 1 aromatic heterocycles. The highest BCUT2D eigenvalue weighted by Crippen LogP contribution is 2.27. The van der Waals surface area contributed by atoms with Gasteiger partial charge in [0.2, 0.25) is 10.0 Å². The third-order valence-corrected chi connectivity index (χ3v) is 9.38. The molecule has 1 aliphatic rings. The van der Waals surface area contributed by atoms with E-state index in [1.54, 1.807) is 7.05 Å². The van der Waals surface area contributed by atoms with Crippen molar-refractivity contribution in [3.05, 3.63) is 57.9 Å². The number of nitrogens with zero attached hydrogens (tertiary/aromatic N) is 3. The van der Waals surface area contributed by atoms with Crippen molar-refractivity contribution >= 4 is 37.5 Å². The number of carbonyl (C=O) groups excluding carboxylic acids is 1. The zero-order chi connectivity index (χ0) is 24.5. The van der Waals surface area contributed by atoms with E-state index in [1.807, 2.05) is 18.4 Å². The van der Waals surface area contributed by atoms with E-state index in [2.05, 4.69) is 23.0 Å². The van der Waals surface area contributed by atoms with Crippen LogP contribution in [0.4, 0.5) is 0 Å². The van der Waals surface area contributed by atoms with Crippen LogP contribution in [-0.4, -0.2) is 36.3 Å². The Morgan fingerprint density at radius 3 is 2.50 bits per heavy atom. The van der Waals surface area contributed by atoms with E-state index in [0.29, 0.717) is 16.9 Å². The molecule has 0 atom stereocenters. The van der Waals surface area contributed by atoms with E-state index in [-0.39, 0.29) is 10.9 Å². The van der Waals surface area contributed by atoms with Crippen molar-refractivity contribution in [3.63, 3.8) is 0 Å². The quantitative estimate of drug-likeness (QED) is 0.484. The number of benzene rings is 2. The molecule has 1 amide bonds. The van der Waals surface area contributed by atoms with E-state index in [9.17, 15) is 13.2 Å². The van der Waals surface area contributed by atoms with Gasteiger partial charge in [0.15, 0.2) is 4.80 Å². The monoisotopic (exact) mass is 495 g/mol. The lowest BCUT2D eigenvalue weighted by molar-refractivity contribution is 0.0997. The summed E-state index contributed by atoms with van der Waals surface area (Å²) in [5.41, 5.74) is 3.52. The van der Waals surface area contributed by atoms with Crippen molar-refractivity contribution < 1.29 is 13.2 Å². The van der Waals surface area contributed by atoms with Crippen molar-refractivity contribution in [2.45, 2.75) is 63.4 Å². The Labute approximate surface area is 205 Å². The summed E-state index contributed by atoms with van der Waals surface area (Å²) >= 11 is 1.42. The summed E-state index contributed by atoms with van der Waals surface area (Å²) in [6.45, 7) is 4.35. The maximum atomic E-state index is 13.1. The maximum absolute atomic E-state index is 13.1. The number of hydrogen-bond acceptors (Lipinski definition) is 4. The molecule has 0 radical (unpaired) electrons. The second-order valence-electron chi connectivity index (χ2n) is 8.86. The third-order valence-electron chi connectivity index (χ3n) is 6.43. The maximum Gasteiger partial charge on any atom is 0.279 e. The summed E-state index contributed by atoms with van der Waals surface area (Å²) in [6.07, 6.45) is 10.6. The van der Waals surface area contributed by atoms with Gasteiger partial charge < -0.3 is 4.57 Å². The average molecular weight is 496 g/mol. The van der Waals surface area contributed by atoms with Gasteiger partial charge in [0.1, 0.15) is 0 Å². The summed E-state index contributed by atoms with van der Waals surface area (Å²) < 4.78 is 30.5. The molecule has 4 rings (SSSR count). The molecule has 0 bridgehead atoms. The minimum absolute atomic E-state index is 0.0294. The van der Waals surface area contributed by atoms with Crippen molar-refractivity contribution in [3.8, 4) is 12.3 Å². The normalized spacial score (nSPS) is 15.7. The van der Waals surface area contributed by atoms with Gasteiger partial charge in [0.25, 0.3) is 5.91 Å². The van der Waals surface area contributed by atoms with Gasteiger partial charge in [-0.1, -0.05) is 42.6 Å². The molecule has 178 valence electrons. The Morgan fingerprint density at radius 2 is 1.85 bits per heavy atom. The van der Waals surface area contributed by atoms with Gasteiger partial charge in [-0.2, -0.15) is 9.30 Å². The van der Waals surface area contributed by atoms with Crippen molar-refractivity contribution in [1.29, 1.82) is 0 Å². The summed E-state index contributed by atoms with van der Waals surface area (Å²) in [4.78, 5) is 18.0. The van der Waals surface area contributed by atoms with Crippen LogP contribution in [0.25, 0.3) is 10.2 Å². The molecule has 0 spiro atoms. The van der Waals surface area contributed by atoms with Crippen LogP contribution in [0.5, 0.6) is 0 Å². The first kappa shape index (κ1) is 24.4. The van der Waals surface area contributed by atoms with Gasteiger partial charge >= 0.3 is 0 Å². The van der Waals surface area contributed by atoms with Crippen LogP contribution < -0.4 is 4.80 Å². The first-order valence-corrected chi connectivity index (χ1v) is 13.7. The third kappa shape index (κ3) is 4.74. The van der Waals surface area contributed by atoms with E-state index in [4.69, 9.17) is 6.42 Å². The number of sulfonamides is 1. The van der Waals surface area contributed by atoms with Gasteiger partial charge in [-0.3, -0.25) is 4.79 Å².